The van der Waals surface area contributed by atoms with Gasteiger partial charge in [-0.2, -0.15) is 0 Å². The van der Waals surface area contributed by atoms with Crippen LogP contribution in [0.3, 0.4) is 0 Å². The molecule has 0 aromatic carbocycles. The molecule has 0 aliphatic heterocycles. The van der Waals surface area contributed by atoms with Crippen molar-refractivity contribution < 1.29 is 4.79 Å². The maximum absolute atomic E-state index is 11.9. The van der Waals surface area contributed by atoms with Gasteiger partial charge in [0.25, 0.3) is 0 Å². The van der Waals surface area contributed by atoms with Gasteiger partial charge in [0.05, 0.1) is 9.90 Å². The van der Waals surface area contributed by atoms with Crippen molar-refractivity contribution in [1.29, 1.82) is 0 Å². The van der Waals surface area contributed by atoms with Crippen molar-refractivity contribution in [2.75, 3.05) is 0 Å². The molecule has 1 rings (SSSR count). The molecular weight excluding hydrogens is 228 g/mol. The molecule has 1 nitrogen and oxygen atoms in total. The minimum absolute atomic E-state index is 0.174. The second kappa shape index (κ2) is 4.67. The Morgan fingerprint density at radius 1 is 1.47 bits per heavy atom. The largest absolute Gasteiger partial charge is 0.293 e. The zero-order valence-corrected chi connectivity index (χ0v) is 11.3. The van der Waals surface area contributed by atoms with Gasteiger partial charge in [0.15, 0.2) is 5.78 Å². The molecule has 0 N–H and O–H groups in total. The van der Waals surface area contributed by atoms with Crippen molar-refractivity contribution in [1.82, 2.24) is 0 Å². The average Bonchev–Trinajstić information content (AvgIpc) is 2.43. The van der Waals surface area contributed by atoms with E-state index >= 15 is 0 Å². The molecule has 1 heterocycles. The lowest BCUT2D eigenvalue weighted by Crippen LogP contribution is -2.08. The molecule has 0 aliphatic rings. The second-order valence-electron chi connectivity index (χ2n) is 5.05. The van der Waals surface area contributed by atoms with Crippen LogP contribution in [-0.4, -0.2) is 5.78 Å². The van der Waals surface area contributed by atoms with Crippen LogP contribution in [0.1, 0.15) is 48.8 Å². The van der Waals surface area contributed by atoms with E-state index in [0.29, 0.717) is 11.4 Å². The summed E-state index contributed by atoms with van der Waals surface area (Å²) in [4.78, 5) is 12.6. The summed E-state index contributed by atoms with van der Waals surface area (Å²) in [5.74, 6) is 0.174. The van der Waals surface area contributed by atoms with Gasteiger partial charge < -0.3 is 0 Å². The van der Waals surface area contributed by atoms with Crippen LogP contribution in [0.15, 0.2) is 5.38 Å². The van der Waals surface area contributed by atoms with Crippen molar-refractivity contribution in [3.8, 4) is 0 Å². The highest BCUT2D eigenvalue weighted by Gasteiger charge is 2.17. The standard InChI is InChI=1S/C12H17ClOS/c1-8-7-15-11(10(8)13)9(14)5-6-12(2,3)4/h7H,5-6H2,1-4H3. The van der Waals surface area contributed by atoms with Gasteiger partial charge in [-0.15, -0.1) is 11.3 Å². The Bertz CT molecular complexity index is 360. The highest BCUT2D eigenvalue weighted by molar-refractivity contribution is 7.13. The molecule has 1 aromatic rings. The van der Waals surface area contributed by atoms with Gasteiger partial charge in [0.1, 0.15) is 0 Å². The number of thiophene rings is 1. The number of halogens is 1. The van der Waals surface area contributed by atoms with E-state index in [9.17, 15) is 4.79 Å². The fraction of sp³-hybridized carbons (Fsp3) is 0.583. The Kier molecular flexibility index (Phi) is 3.96. The average molecular weight is 245 g/mol. The van der Waals surface area contributed by atoms with E-state index in [0.717, 1.165) is 16.9 Å². The second-order valence-corrected chi connectivity index (χ2v) is 6.30. The molecule has 1 aromatic heterocycles. The summed E-state index contributed by atoms with van der Waals surface area (Å²) < 4.78 is 0. The molecule has 0 saturated heterocycles. The molecule has 0 amide bonds. The van der Waals surface area contributed by atoms with Crippen molar-refractivity contribution in [3.05, 3.63) is 20.8 Å². The lowest BCUT2D eigenvalue weighted by molar-refractivity contribution is 0.0970. The van der Waals surface area contributed by atoms with Crippen LogP contribution in [0.2, 0.25) is 5.02 Å². The molecule has 0 bridgehead atoms. The van der Waals surface area contributed by atoms with Crippen LogP contribution in [0, 0.1) is 12.3 Å². The van der Waals surface area contributed by atoms with Crippen molar-refractivity contribution >= 4 is 28.7 Å². The minimum atomic E-state index is 0.174. The molecule has 0 aliphatic carbocycles. The molecule has 84 valence electrons. The number of hydrogen-bond acceptors (Lipinski definition) is 2. The van der Waals surface area contributed by atoms with Crippen molar-refractivity contribution in [3.63, 3.8) is 0 Å². The predicted molar refractivity (Wildman–Crippen MR) is 67.1 cm³/mol. The lowest BCUT2D eigenvalue weighted by Gasteiger charge is -2.16. The van der Waals surface area contributed by atoms with E-state index in [4.69, 9.17) is 11.6 Å². The molecule has 0 atom stereocenters. The first-order chi connectivity index (χ1) is 6.81. The smallest absolute Gasteiger partial charge is 0.174 e. The Labute approximate surface area is 100 Å². The van der Waals surface area contributed by atoms with Gasteiger partial charge in [-0.3, -0.25) is 4.79 Å². The summed E-state index contributed by atoms with van der Waals surface area (Å²) in [5, 5.41) is 2.58. The zero-order chi connectivity index (χ0) is 11.6. The van der Waals surface area contributed by atoms with E-state index in [1.807, 2.05) is 12.3 Å². The van der Waals surface area contributed by atoms with E-state index in [-0.39, 0.29) is 11.2 Å². The topological polar surface area (TPSA) is 17.1 Å². The number of rotatable bonds is 3. The van der Waals surface area contributed by atoms with Crippen LogP contribution in [0.4, 0.5) is 0 Å². The highest BCUT2D eigenvalue weighted by atomic mass is 35.5. The number of carbonyl (C=O) groups excluding carboxylic acids is 1. The minimum Gasteiger partial charge on any atom is -0.293 e. The summed E-state index contributed by atoms with van der Waals surface area (Å²) >= 11 is 7.50. The third kappa shape index (κ3) is 3.62. The molecule has 0 radical (unpaired) electrons. The molecule has 0 saturated carbocycles. The fourth-order valence-corrected chi connectivity index (χ4v) is 2.49. The van der Waals surface area contributed by atoms with Crippen LogP contribution in [0.25, 0.3) is 0 Å². The molecular formula is C12H17ClOS. The van der Waals surface area contributed by atoms with E-state index in [1.54, 1.807) is 0 Å². The SMILES string of the molecule is Cc1csc(C(=O)CCC(C)(C)C)c1Cl. The molecule has 3 heteroatoms. The maximum Gasteiger partial charge on any atom is 0.174 e. The Morgan fingerprint density at radius 2 is 2.07 bits per heavy atom. The van der Waals surface area contributed by atoms with Gasteiger partial charge in [-0.1, -0.05) is 32.4 Å². The number of aryl methyl sites for hydroxylation is 1. The molecule has 0 unspecified atom stereocenters. The lowest BCUT2D eigenvalue weighted by atomic mass is 9.89. The van der Waals surface area contributed by atoms with E-state index in [2.05, 4.69) is 20.8 Å². The normalized spacial score (nSPS) is 11.8. The first-order valence-corrected chi connectivity index (χ1v) is 6.34. The van der Waals surface area contributed by atoms with Gasteiger partial charge in [-0.05, 0) is 29.7 Å². The summed E-state index contributed by atoms with van der Waals surface area (Å²) in [6.45, 7) is 8.35. The number of Topliss-reactive ketones (excluding diaryl/α,β-unsaturated/α-hetero) is 1. The Hall–Kier alpha value is -0.340. The number of carbonyl (C=O) groups is 1. The third-order valence-electron chi connectivity index (χ3n) is 2.25. The van der Waals surface area contributed by atoms with E-state index < -0.39 is 0 Å². The zero-order valence-electron chi connectivity index (χ0n) is 9.69. The van der Waals surface area contributed by atoms with Gasteiger partial charge in [0, 0.05) is 6.42 Å². The first-order valence-electron chi connectivity index (χ1n) is 5.08. The molecule has 0 spiro atoms. The van der Waals surface area contributed by atoms with Crippen molar-refractivity contribution in [2.45, 2.75) is 40.5 Å². The van der Waals surface area contributed by atoms with E-state index in [1.165, 1.54) is 11.3 Å². The summed E-state index contributed by atoms with van der Waals surface area (Å²) in [6, 6.07) is 0. The summed E-state index contributed by atoms with van der Waals surface area (Å²) in [7, 11) is 0. The third-order valence-corrected chi connectivity index (χ3v) is 3.99. The fourth-order valence-electron chi connectivity index (χ4n) is 1.22. The van der Waals surface area contributed by atoms with Crippen LogP contribution in [-0.2, 0) is 0 Å². The van der Waals surface area contributed by atoms with Crippen molar-refractivity contribution in [2.24, 2.45) is 5.41 Å². The predicted octanol–water partition coefficient (Wildman–Crippen LogP) is 4.72. The van der Waals surface area contributed by atoms with Gasteiger partial charge in [-0.25, -0.2) is 0 Å². The van der Waals surface area contributed by atoms with Gasteiger partial charge in [0.2, 0.25) is 0 Å². The first kappa shape index (κ1) is 12.7. The number of ketones is 1. The van der Waals surface area contributed by atoms with Crippen LogP contribution < -0.4 is 0 Å². The van der Waals surface area contributed by atoms with Crippen LogP contribution >= 0.6 is 22.9 Å². The quantitative estimate of drug-likeness (QED) is 0.704. The Morgan fingerprint density at radius 3 is 2.47 bits per heavy atom. The highest BCUT2D eigenvalue weighted by Crippen LogP contribution is 2.30. The Balaban J connectivity index is 2.66. The number of hydrogen-bond donors (Lipinski definition) is 0. The molecule has 15 heavy (non-hydrogen) atoms. The van der Waals surface area contributed by atoms with Gasteiger partial charge >= 0.3 is 0 Å². The summed E-state index contributed by atoms with van der Waals surface area (Å²) in [6.07, 6.45) is 1.49. The van der Waals surface area contributed by atoms with Crippen LogP contribution in [0.5, 0.6) is 0 Å². The maximum atomic E-state index is 11.9. The summed E-state index contributed by atoms with van der Waals surface area (Å²) in [5.41, 5.74) is 1.20. The monoisotopic (exact) mass is 244 g/mol. The molecule has 0 fully saturated rings.